The van der Waals surface area contributed by atoms with Gasteiger partial charge in [-0.05, 0) is 49.2 Å². The number of piperazine rings is 1. The van der Waals surface area contributed by atoms with Gasteiger partial charge in [0, 0.05) is 50.0 Å². The summed E-state index contributed by atoms with van der Waals surface area (Å²) in [5.74, 6) is 0.848. The SMILES string of the molecule is COc1ccc(Cl)cc1N1CCN2c3ccccc3CC(C(=O)NCCCN3CCOCC3)C2C1. The molecular weight excluding hydrogens is 464 g/mol. The van der Waals surface area contributed by atoms with Crippen LogP contribution in [0.3, 0.4) is 0 Å². The molecule has 2 saturated heterocycles. The van der Waals surface area contributed by atoms with Crippen molar-refractivity contribution in [1.82, 2.24) is 10.2 Å². The Balaban J connectivity index is 1.30. The number of carbonyl (C=O) groups excluding carboxylic acids is 1. The minimum Gasteiger partial charge on any atom is -0.495 e. The number of hydrogen-bond acceptors (Lipinski definition) is 6. The molecule has 5 rings (SSSR count). The van der Waals surface area contributed by atoms with E-state index in [0.717, 1.165) is 76.8 Å². The van der Waals surface area contributed by atoms with Crippen molar-refractivity contribution in [3.63, 3.8) is 0 Å². The summed E-state index contributed by atoms with van der Waals surface area (Å²) >= 11 is 6.34. The van der Waals surface area contributed by atoms with Gasteiger partial charge in [0.1, 0.15) is 5.75 Å². The molecular formula is C27H35ClN4O3. The highest BCUT2D eigenvalue weighted by Gasteiger charge is 2.41. The smallest absolute Gasteiger partial charge is 0.225 e. The van der Waals surface area contributed by atoms with Crippen molar-refractivity contribution in [1.29, 1.82) is 0 Å². The third-order valence-electron chi connectivity index (χ3n) is 7.50. The number of methoxy groups -OCH3 is 1. The van der Waals surface area contributed by atoms with E-state index in [1.54, 1.807) is 7.11 Å². The minimum absolute atomic E-state index is 0.0848. The van der Waals surface area contributed by atoms with Gasteiger partial charge in [0.25, 0.3) is 0 Å². The molecule has 2 fully saturated rings. The Morgan fingerprint density at radius 3 is 2.77 bits per heavy atom. The number of anilines is 2. The maximum Gasteiger partial charge on any atom is 0.225 e. The standard InChI is InChI=1S/C27H35ClN4O3/c1-34-26-8-7-21(28)18-24(26)31-11-12-32-23-6-3-2-5-20(23)17-22(25(32)19-31)27(33)29-9-4-10-30-13-15-35-16-14-30/h2-3,5-8,18,22,25H,4,9-17,19H2,1H3,(H,29,33). The monoisotopic (exact) mass is 498 g/mol. The fourth-order valence-electron chi connectivity index (χ4n) is 5.66. The topological polar surface area (TPSA) is 57.3 Å². The zero-order valence-corrected chi connectivity index (χ0v) is 21.2. The van der Waals surface area contributed by atoms with Crippen molar-refractivity contribution in [2.24, 2.45) is 5.92 Å². The lowest BCUT2D eigenvalue weighted by molar-refractivity contribution is -0.125. The Labute approximate surface area is 212 Å². The Morgan fingerprint density at radius 1 is 1.11 bits per heavy atom. The predicted molar refractivity (Wildman–Crippen MR) is 140 cm³/mol. The van der Waals surface area contributed by atoms with Crippen LogP contribution in [0.5, 0.6) is 5.75 Å². The van der Waals surface area contributed by atoms with Crippen molar-refractivity contribution in [2.45, 2.75) is 18.9 Å². The number of halogens is 1. The van der Waals surface area contributed by atoms with Gasteiger partial charge in [-0.25, -0.2) is 0 Å². The van der Waals surface area contributed by atoms with Gasteiger partial charge in [0.2, 0.25) is 5.91 Å². The largest absolute Gasteiger partial charge is 0.495 e. The van der Waals surface area contributed by atoms with Crippen molar-refractivity contribution in [3.05, 3.63) is 53.1 Å². The zero-order chi connectivity index (χ0) is 24.2. The van der Waals surface area contributed by atoms with E-state index in [1.807, 2.05) is 18.2 Å². The fourth-order valence-corrected chi connectivity index (χ4v) is 5.82. The molecule has 7 nitrogen and oxygen atoms in total. The van der Waals surface area contributed by atoms with Crippen LogP contribution in [0.25, 0.3) is 0 Å². The summed E-state index contributed by atoms with van der Waals surface area (Å²) in [5, 5.41) is 3.94. The summed E-state index contributed by atoms with van der Waals surface area (Å²) in [6.45, 7) is 7.70. The number of fused-ring (bicyclic) bond motifs is 3. The van der Waals surface area contributed by atoms with Crippen LogP contribution in [0.4, 0.5) is 11.4 Å². The zero-order valence-electron chi connectivity index (χ0n) is 20.4. The molecule has 0 bridgehead atoms. The van der Waals surface area contributed by atoms with Crippen LogP contribution < -0.4 is 19.9 Å². The molecule has 1 N–H and O–H groups in total. The van der Waals surface area contributed by atoms with E-state index in [0.29, 0.717) is 11.6 Å². The number of nitrogens with one attached hydrogen (secondary N) is 1. The Kier molecular flexibility index (Phi) is 7.66. The van der Waals surface area contributed by atoms with Crippen LogP contribution in [-0.2, 0) is 16.0 Å². The molecule has 2 aromatic carbocycles. The lowest BCUT2D eigenvalue weighted by Crippen LogP contribution is -2.61. The highest BCUT2D eigenvalue weighted by atomic mass is 35.5. The second-order valence-corrected chi connectivity index (χ2v) is 10.00. The van der Waals surface area contributed by atoms with Gasteiger partial charge in [-0.1, -0.05) is 29.8 Å². The lowest BCUT2D eigenvalue weighted by Gasteiger charge is -2.49. The lowest BCUT2D eigenvalue weighted by atomic mass is 9.83. The number of rotatable bonds is 7. The van der Waals surface area contributed by atoms with E-state index in [2.05, 4.69) is 44.3 Å². The number of para-hydroxylation sites is 1. The molecule has 188 valence electrons. The van der Waals surface area contributed by atoms with Crippen LogP contribution in [-0.4, -0.2) is 83.0 Å². The third kappa shape index (κ3) is 5.37. The first-order valence-electron chi connectivity index (χ1n) is 12.6. The molecule has 2 aromatic rings. The Morgan fingerprint density at radius 2 is 1.94 bits per heavy atom. The van der Waals surface area contributed by atoms with Crippen molar-refractivity contribution >= 4 is 28.9 Å². The predicted octanol–water partition coefficient (Wildman–Crippen LogP) is 3.05. The van der Waals surface area contributed by atoms with E-state index in [4.69, 9.17) is 21.1 Å². The second kappa shape index (κ2) is 11.1. The van der Waals surface area contributed by atoms with Gasteiger partial charge in [0.05, 0.1) is 38.0 Å². The average molecular weight is 499 g/mol. The van der Waals surface area contributed by atoms with Crippen molar-refractivity contribution in [3.8, 4) is 5.75 Å². The molecule has 0 spiro atoms. The first kappa shape index (κ1) is 24.2. The quantitative estimate of drug-likeness (QED) is 0.592. The Hall–Kier alpha value is -2.48. The highest BCUT2D eigenvalue weighted by molar-refractivity contribution is 6.31. The summed E-state index contributed by atoms with van der Waals surface area (Å²) in [7, 11) is 1.69. The van der Waals surface area contributed by atoms with E-state index in [1.165, 1.54) is 11.3 Å². The summed E-state index contributed by atoms with van der Waals surface area (Å²) in [5.41, 5.74) is 3.50. The van der Waals surface area contributed by atoms with E-state index < -0.39 is 0 Å². The number of carbonyl (C=O) groups is 1. The van der Waals surface area contributed by atoms with Gasteiger partial charge in [-0.3, -0.25) is 9.69 Å². The van der Waals surface area contributed by atoms with Gasteiger partial charge in [-0.15, -0.1) is 0 Å². The maximum atomic E-state index is 13.5. The van der Waals surface area contributed by atoms with Gasteiger partial charge >= 0.3 is 0 Å². The summed E-state index contributed by atoms with van der Waals surface area (Å²) < 4.78 is 11.1. The van der Waals surface area contributed by atoms with Gasteiger partial charge < -0.3 is 24.6 Å². The van der Waals surface area contributed by atoms with Crippen molar-refractivity contribution in [2.75, 3.05) is 75.9 Å². The van der Waals surface area contributed by atoms with Gasteiger partial charge in [-0.2, -0.15) is 0 Å². The number of ether oxygens (including phenoxy) is 2. The third-order valence-corrected chi connectivity index (χ3v) is 7.73. The highest BCUT2D eigenvalue weighted by Crippen LogP contribution is 2.39. The second-order valence-electron chi connectivity index (χ2n) is 9.56. The molecule has 0 aromatic heterocycles. The van der Waals surface area contributed by atoms with E-state index in [9.17, 15) is 4.79 Å². The first-order valence-corrected chi connectivity index (χ1v) is 13.0. The summed E-state index contributed by atoms with van der Waals surface area (Å²) in [6, 6.07) is 14.3. The fraction of sp³-hybridized carbons (Fsp3) is 0.519. The van der Waals surface area contributed by atoms with Crippen LogP contribution in [0, 0.1) is 5.92 Å². The summed E-state index contributed by atoms with van der Waals surface area (Å²) in [6.07, 6.45) is 1.71. The minimum atomic E-state index is -0.110. The number of hydrogen-bond donors (Lipinski definition) is 1. The molecule has 0 saturated carbocycles. The molecule has 8 heteroatoms. The van der Waals surface area contributed by atoms with Gasteiger partial charge in [0.15, 0.2) is 0 Å². The number of benzene rings is 2. The molecule has 3 aliphatic rings. The normalized spacial score (nSPS) is 22.3. The molecule has 0 aliphatic carbocycles. The maximum absolute atomic E-state index is 13.5. The van der Waals surface area contributed by atoms with Crippen LogP contribution in [0.2, 0.25) is 5.02 Å². The molecule has 3 aliphatic heterocycles. The first-order chi connectivity index (χ1) is 17.1. The number of morpholine rings is 1. The summed E-state index contributed by atoms with van der Waals surface area (Å²) in [4.78, 5) is 20.7. The number of nitrogens with zero attached hydrogens (tertiary/aromatic N) is 3. The molecule has 2 atom stereocenters. The Bertz CT molecular complexity index is 1030. The van der Waals surface area contributed by atoms with E-state index >= 15 is 0 Å². The molecule has 35 heavy (non-hydrogen) atoms. The van der Waals surface area contributed by atoms with Crippen LogP contribution >= 0.6 is 11.6 Å². The van der Waals surface area contributed by atoms with E-state index in [-0.39, 0.29) is 17.9 Å². The average Bonchev–Trinajstić information content (AvgIpc) is 2.90. The molecule has 3 heterocycles. The van der Waals surface area contributed by atoms with Crippen molar-refractivity contribution < 1.29 is 14.3 Å². The molecule has 0 radical (unpaired) electrons. The van der Waals surface area contributed by atoms with Crippen LogP contribution in [0.1, 0.15) is 12.0 Å². The van der Waals surface area contributed by atoms with Crippen LogP contribution in [0.15, 0.2) is 42.5 Å². The molecule has 1 amide bonds. The molecule has 2 unspecified atom stereocenters. The number of amides is 1.